The molecule has 1 aromatic carbocycles. The second-order valence-electron chi connectivity index (χ2n) is 3.26. The van der Waals surface area contributed by atoms with Crippen LogP contribution in [0.1, 0.15) is 24.5 Å². The van der Waals surface area contributed by atoms with Crippen molar-refractivity contribution in [1.82, 2.24) is 0 Å². The lowest BCUT2D eigenvalue weighted by Gasteiger charge is -2.12. The van der Waals surface area contributed by atoms with Crippen LogP contribution < -0.4 is 0 Å². The van der Waals surface area contributed by atoms with E-state index in [1.54, 1.807) is 11.8 Å². The van der Waals surface area contributed by atoms with Gasteiger partial charge in [0.1, 0.15) is 6.10 Å². The van der Waals surface area contributed by atoms with E-state index in [4.69, 9.17) is 4.74 Å². The predicted molar refractivity (Wildman–Crippen MR) is 56.3 cm³/mol. The standard InChI is InChI=1S/C11H12O2S/c1-14-10-5-3-2-4-8(10)9-6-7-11(12)13-9/h2-5,9H,6-7H2,1H3/t9-/m1/s1. The summed E-state index contributed by atoms with van der Waals surface area (Å²) in [5, 5.41) is 0. The average Bonchev–Trinajstić information content (AvgIpc) is 2.65. The predicted octanol–water partition coefficient (Wildman–Crippen LogP) is 2.79. The number of carbonyl (C=O) groups is 1. The van der Waals surface area contributed by atoms with Crippen molar-refractivity contribution >= 4 is 17.7 Å². The normalized spacial score (nSPS) is 20.9. The molecule has 0 bridgehead atoms. The number of carbonyl (C=O) groups excluding carboxylic acids is 1. The number of cyclic esters (lactones) is 1. The maximum Gasteiger partial charge on any atom is 0.306 e. The van der Waals surface area contributed by atoms with Crippen LogP contribution in [0.4, 0.5) is 0 Å². The second-order valence-corrected chi connectivity index (χ2v) is 4.11. The summed E-state index contributed by atoms with van der Waals surface area (Å²) in [6, 6.07) is 8.09. The molecule has 0 spiro atoms. The SMILES string of the molecule is CSc1ccccc1[C@H]1CCC(=O)O1. The molecular formula is C11H12O2S. The highest BCUT2D eigenvalue weighted by molar-refractivity contribution is 7.98. The molecule has 1 heterocycles. The molecule has 0 N–H and O–H groups in total. The van der Waals surface area contributed by atoms with E-state index in [1.807, 2.05) is 24.5 Å². The molecule has 1 fully saturated rings. The lowest BCUT2D eigenvalue weighted by atomic mass is 10.1. The number of benzene rings is 1. The number of hydrogen-bond donors (Lipinski definition) is 0. The van der Waals surface area contributed by atoms with Crippen LogP contribution in [0.25, 0.3) is 0 Å². The van der Waals surface area contributed by atoms with Gasteiger partial charge in [-0.1, -0.05) is 18.2 Å². The molecule has 1 saturated heterocycles. The van der Waals surface area contributed by atoms with Gasteiger partial charge in [-0.25, -0.2) is 0 Å². The van der Waals surface area contributed by atoms with Crippen LogP contribution in [-0.2, 0) is 9.53 Å². The van der Waals surface area contributed by atoms with Gasteiger partial charge >= 0.3 is 5.97 Å². The number of esters is 1. The van der Waals surface area contributed by atoms with Gasteiger partial charge in [0.25, 0.3) is 0 Å². The summed E-state index contributed by atoms with van der Waals surface area (Å²) in [6.07, 6.45) is 3.38. The molecule has 2 rings (SSSR count). The fourth-order valence-corrected chi connectivity index (χ4v) is 2.33. The van der Waals surface area contributed by atoms with E-state index in [9.17, 15) is 4.79 Å². The van der Waals surface area contributed by atoms with Crippen LogP contribution in [0, 0.1) is 0 Å². The number of hydrogen-bond acceptors (Lipinski definition) is 3. The molecule has 0 aliphatic carbocycles. The molecule has 0 amide bonds. The zero-order valence-corrected chi connectivity index (χ0v) is 8.84. The fraction of sp³-hybridized carbons (Fsp3) is 0.364. The van der Waals surface area contributed by atoms with Crippen molar-refractivity contribution in [1.29, 1.82) is 0 Å². The molecule has 0 unspecified atom stereocenters. The molecular weight excluding hydrogens is 196 g/mol. The third kappa shape index (κ3) is 1.77. The van der Waals surface area contributed by atoms with Crippen LogP contribution in [0.3, 0.4) is 0 Å². The number of thioether (sulfide) groups is 1. The summed E-state index contributed by atoms with van der Waals surface area (Å²) in [5.74, 6) is -0.0779. The van der Waals surface area contributed by atoms with Crippen LogP contribution in [0.15, 0.2) is 29.2 Å². The Balaban J connectivity index is 2.27. The van der Waals surface area contributed by atoms with E-state index < -0.39 is 0 Å². The first kappa shape index (κ1) is 9.59. The van der Waals surface area contributed by atoms with Gasteiger partial charge in [-0.2, -0.15) is 0 Å². The Hall–Kier alpha value is -0.960. The highest BCUT2D eigenvalue weighted by Crippen LogP contribution is 2.34. The van der Waals surface area contributed by atoms with E-state index in [-0.39, 0.29) is 12.1 Å². The van der Waals surface area contributed by atoms with Gasteiger partial charge in [0.15, 0.2) is 0 Å². The highest BCUT2D eigenvalue weighted by Gasteiger charge is 2.26. The molecule has 3 heteroatoms. The van der Waals surface area contributed by atoms with Gasteiger partial charge in [-0.3, -0.25) is 4.79 Å². The van der Waals surface area contributed by atoms with E-state index in [0.717, 1.165) is 12.0 Å². The molecule has 14 heavy (non-hydrogen) atoms. The van der Waals surface area contributed by atoms with E-state index in [1.165, 1.54) is 4.90 Å². The van der Waals surface area contributed by atoms with Crippen molar-refractivity contribution in [2.24, 2.45) is 0 Å². The first-order valence-electron chi connectivity index (χ1n) is 4.63. The lowest BCUT2D eigenvalue weighted by molar-refractivity contribution is -0.141. The zero-order valence-electron chi connectivity index (χ0n) is 8.03. The molecule has 2 nitrogen and oxygen atoms in total. The molecule has 1 aliphatic heterocycles. The quantitative estimate of drug-likeness (QED) is 0.552. The lowest BCUT2D eigenvalue weighted by Crippen LogP contribution is -1.99. The maximum absolute atomic E-state index is 11.0. The Morgan fingerprint density at radius 2 is 2.21 bits per heavy atom. The van der Waals surface area contributed by atoms with Gasteiger partial charge in [-0.15, -0.1) is 11.8 Å². The van der Waals surface area contributed by atoms with E-state index >= 15 is 0 Å². The van der Waals surface area contributed by atoms with E-state index in [0.29, 0.717) is 6.42 Å². The van der Waals surface area contributed by atoms with Gasteiger partial charge in [-0.05, 0) is 18.7 Å². The first-order valence-corrected chi connectivity index (χ1v) is 5.86. The molecule has 1 aliphatic rings. The molecule has 1 aromatic rings. The Bertz CT molecular complexity index is 349. The van der Waals surface area contributed by atoms with Gasteiger partial charge in [0.2, 0.25) is 0 Å². The third-order valence-electron chi connectivity index (χ3n) is 2.37. The van der Waals surface area contributed by atoms with Gasteiger partial charge < -0.3 is 4.74 Å². The van der Waals surface area contributed by atoms with Crippen LogP contribution in [-0.4, -0.2) is 12.2 Å². The van der Waals surface area contributed by atoms with Crippen LogP contribution in [0.2, 0.25) is 0 Å². The Morgan fingerprint density at radius 1 is 1.43 bits per heavy atom. The summed E-state index contributed by atoms with van der Waals surface area (Å²) in [4.78, 5) is 12.2. The summed E-state index contributed by atoms with van der Waals surface area (Å²) < 4.78 is 5.24. The van der Waals surface area contributed by atoms with Crippen molar-refractivity contribution in [3.8, 4) is 0 Å². The minimum absolute atomic E-state index is 0.0221. The molecule has 1 atom stereocenters. The van der Waals surface area contributed by atoms with Crippen molar-refractivity contribution in [2.45, 2.75) is 23.8 Å². The van der Waals surface area contributed by atoms with Crippen molar-refractivity contribution in [3.05, 3.63) is 29.8 Å². The van der Waals surface area contributed by atoms with Gasteiger partial charge in [0, 0.05) is 16.9 Å². The molecule has 0 saturated carbocycles. The van der Waals surface area contributed by atoms with Crippen molar-refractivity contribution in [3.63, 3.8) is 0 Å². The molecule has 0 aromatic heterocycles. The zero-order chi connectivity index (χ0) is 9.97. The minimum atomic E-state index is -0.0779. The van der Waals surface area contributed by atoms with Crippen molar-refractivity contribution in [2.75, 3.05) is 6.26 Å². The first-order chi connectivity index (χ1) is 6.81. The topological polar surface area (TPSA) is 26.3 Å². The van der Waals surface area contributed by atoms with Crippen molar-refractivity contribution < 1.29 is 9.53 Å². The summed E-state index contributed by atoms with van der Waals surface area (Å²) in [5.41, 5.74) is 1.14. The number of rotatable bonds is 2. The monoisotopic (exact) mass is 208 g/mol. The maximum atomic E-state index is 11.0. The second kappa shape index (κ2) is 4.05. The fourth-order valence-electron chi connectivity index (χ4n) is 1.68. The third-order valence-corrected chi connectivity index (χ3v) is 3.18. The Morgan fingerprint density at radius 3 is 2.86 bits per heavy atom. The van der Waals surface area contributed by atoms with E-state index in [2.05, 4.69) is 6.07 Å². The molecule has 74 valence electrons. The van der Waals surface area contributed by atoms with Crippen LogP contribution >= 0.6 is 11.8 Å². The molecule has 0 radical (unpaired) electrons. The average molecular weight is 208 g/mol. The largest absolute Gasteiger partial charge is 0.457 e. The smallest absolute Gasteiger partial charge is 0.306 e. The summed E-state index contributed by atoms with van der Waals surface area (Å²) in [7, 11) is 0. The Labute approximate surface area is 87.6 Å². The summed E-state index contributed by atoms with van der Waals surface area (Å²) in [6.45, 7) is 0. The van der Waals surface area contributed by atoms with Crippen LogP contribution in [0.5, 0.6) is 0 Å². The summed E-state index contributed by atoms with van der Waals surface area (Å²) >= 11 is 1.69. The number of ether oxygens (including phenoxy) is 1. The van der Waals surface area contributed by atoms with Gasteiger partial charge in [0.05, 0.1) is 0 Å². The minimum Gasteiger partial charge on any atom is -0.457 e. The Kier molecular flexibility index (Phi) is 2.77. The highest BCUT2D eigenvalue weighted by atomic mass is 32.2.